The van der Waals surface area contributed by atoms with E-state index in [1.54, 1.807) is 31.3 Å². The molecular formula is C21H25NO5. The summed E-state index contributed by atoms with van der Waals surface area (Å²) in [5, 5.41) is 8.90. The van der Waals surface area contributed by atoms with Crippen LogP contribution < -0.4 is 9.47 Å². The fourth-order valence-electron chi connectivity index (χ4n) is 2.87. The molecule has 0 atom stereocenters. The van der Waals surface area contributed by atoms with Gasteiger partial charge in [-0.05, 0) is 31.0 Å². The number of amides is 1. The SMILES string of the molecule is COc1cc(C(=O)N(CCCC(=O)O)Cc2ccccc2)cc(OC)c1C. The van der Waals surface area contributed by atoms with E-state index in [1.807, 2.05) is 37.3 Å². The number of hydrogen-bond donors (Lipinski definition) is 1. The Morgan fingerprint density at radius 2 is 1.63 bits per heavy atom. The Bertz CT molecular complexity index is 763. The van der Waals surface area contributed by atoms with Crippen LogP contribution in [0.2, 0.25) is 0 Å². The fraction of sp³-hybridized carbons (Fsp3) is 0.333. The highest BCUT2D eigenvalue weighted by molar-refractivity contribution is 5.95. The van der Waals surface area contributed by atoms with Crippen LogP contribution in [0.15, 0.2) is 42.5 Å². The zero-order valence-corrected chi connectivity index (χ0v) is 15.9. The maximum absolute atomic E-state index is 13.1. The van der Waals surface area contributed by atoms with Crippen LogP contribution in [0.3, 0.4) is 0 Å². The van der Waals surface area contributed by atoms with Gasteiger partial charge in [-0.3, -0.25) is 9.59 Å². The number of ether oxygens (including phenoxy) is 2. The van der Waals surface area contributed by atoms with Crippen molar-refractivity contribution in [3.63, 3.8) is 0 Å². The summed E-state index contributed by atoms with van der Waals surface area (Å²) in [7, 11) is 3.09. The molecular weight excluding hydrogens is 346 g/mol. The van der Waals surface area contributed by atoms with Gasteiger partial charge in [-0.15, -0.1) is 0 Å². The largest absolute Gasteiger partial charge is 0.496 e. The van der Waals surface area contributed by atoms with E-state index in [9.17, 15) is 9.59 Å². The molecule has 0 aliphatic heterocycles. The van der Waals surface area contributed by atoms with Crippen molar-refractivity contribution in [3.05, 3.63) is 59.2 Å². The Labute approximate surface area is 159 Å². The van der Waals surface area contributed by atoms with E-state index in [-0.39, 0.29) is 12.3 Å². The molecule has 6 nitrogen and oxygen atoms in total. The smallest absolute Gasteiger partial charge is 0.303 e. The number of carbonyl (C=O) groups excluding carboxylic acids is 1. The first-order chi connectivity index (χ1) is 13.0. The van der Waals surface area contributed by atoms with Crippen molar-refractivity contribution < 1.29 is 24.2 Å². The average Bonchev–Trinajstić information content (AvgIpc) is 2.67. The van der Waals surface area contributed by atoms with Crippen molar-refractivity contribution in [2.45, 2.75) is 26.3 Å². The lowest BCUT2D eigenvalue weighted by Crippen LogP contribution is -2.32. The summed E-state index contributed by atoms with van der Waals surface area (Å²) in [6, 6.07) is 13.0. The molecule has 0 saturated heterocycles. The molecule has 0 saturated carbocycles. The van der Waals surface area contributed by atoms with Crippen LogP contribution in [0.25, 0.3) is 0 Å². The summed E-state index contributed by atoms with van der Waals surface area (Å²) in [6.07, 6.45) is 0.396. The highest BCUT2D eigenvalue weighted by Crippen LogP contribution is 2.30. The molecule has 0 aliphatic rings. The second-order valence-electron chi connectivity index (χ2n) is 6.22. The van der Waals surface area contributed by atoms with Crippen LogP contribution in [0.4, 0.5) is 0 Å². The van der Waals surface area contributed by atoms with Crippen LogP contribution in [-0.4, -0.2) is 42.6 Å². The maximum Gasteiger partial charge on any atom is 0.303 e. The van der Waals surface area contributed by atoms with Gasteiger partial charge in [0.15, 0.2) is 0 Å². The Balaban J connectivity index is 2.30. The first kappa shape index (κ1) is 20.3. The number of hydrogen-bond acceptors (Lipinski definition) is 4. The number of nitrogens with zero attached hydrogens (tertiary/aromatic N) is 1. The monoisotopic (exact) mass is 371 g/mol. The predicted molar refractivity (Wildman–Crippen MR) is 102 cm³/mol. The average molecular weight is 371 g/mol. The Hall–Kier alpha value is -3.02. The van der Waals surface area contributed by atoms with E-state index in [4.69, 9.17) is 14.6 Å². The third-order valence-electron chi connectivity index (χ3n) is 4.32. The molecule has 27 heavy (non-hydrogen) atoms. The van der Waals surface area contributed by atoms with Gasteiger partial charge in [0, 0.05) is 30.6 Å². The van der Waals surface area contributed by atoms with E-state index >= 15 is 0 Å². The molecule has 0 radical (unpaired) electrons. The van der Waals surface area contributed by atoms with E-state index < -0.39 is 5.97 Å². The lowest BCUT2D eigenvalue weighted by atomic mass is 10.1. The second kappa shape index (κ2) is 9.62. The van der Waals surface area contributed by atoms with Gasteiger partial charge in [-0.25, -0.2) is 0 Å². The molecule has 2 aromatic rings. The molecule has 2 aromatic carbocycles. The van der Waals surface area contributed by atoms with E-state index in [0.29, 0.717) is 36.6 Å². The number of carbonyl (C=O) groups is 2. The summed E-state index contributed by atoms with van der Waals surface area (Å²) in [5.74, 6) is 0.0763. The van der Waals surface area contributed by atoms with Crippen molar-refractivity contribution in [2.24, 2.45) is 0 Å². The zero-order chi connectivity index (χ0) is 19.8. The molecule has 2 rings (SSSR count). The molecule has 0 fully saturated rings. The lowest BCUT2D eigenvalue weighted by Gasteiger charge is -2.23. The zero-order valence-electron chi connectivity index (χ0n) is 15.9. The molecule has 0 bridgehead atoms. The minimum Gasteiger partial charge on any atom is -0.496 e. The van der Waals surface area contributed by atoms with Gasteiger partial charge >= 0.3 is 5.97 Å². The molecule has 0 heterocycles. The highest BCUT2D eigenvalue weighted by Gasteiger charge is 2.20. The van der Waals surface area contributed by atoms with Gasteiger partial charge in [-0.2, -0.15) is 0 Å². The van der Waals surface area contributed by atoms with Crippen molar-refractivity contribution >= 4 is 11.9 Å². The summed E-state index contributed by atoms with van der Waals surface area (Å²) in [4.78, 5) is 25.6. The van der Waals surface area contributed by atoms with Gasteiger partial charge in [-0.1, -0.05) is 30.3 Å². The molecule has 0 aliphatic carbocycles. The number of aliphatic carboxylic acids is 1. The minimum absolute atomic E-state index is 0.0130. The Morgan fingerprint density at radius 1 is 1.04 bits per heavy atom. The van der Waals surface area contributed by atoms with Crippen LogP contribution in [-0.2, 0) is 11.3 Å². The van der Waals surface area contributed by atoms with E-state index in [1.165, 1.54) is 0 Å². The van der Waals surface area contributed by atoms with Crippen LogP contribution in [0.5, 0.6) is 11.5 Å². The first-order valence-electron chi connectivity index (χ1n) is 8.74. The minimum atomic E-state index is -0.874. The predicted octanol–water partition coefficient (Wildman–Crippen LogP) is 3.52. The Morgan fingerprint density at radius 3 is 2.15 bits per heavy atom. The van der Waals surface area contributed by atoms with Crippen molar-refractivity contribution in [1.82, 2.24) is 4.90 Å². The van der Waals surface area contributed by atoms with E-state index in [0.717, 1.165) is 11.1 Å². The van der Waals surface area contributed by atoms with Crippen molar-refractivity contribution in [3.8, 4) is 11.5 Å². The number of rotatable bonds is 9. The number of benzene rings is 2. The van der Waals surface area contributed by atoms with Crippen LogP contribution in [0.1, 0.15) is 34.3 Å². The summed E-state index contributed by atoms with van der Waals surface area (Å²) in [6.45, 7) is 2.61. The summed E-state index contributed by atoms with van der Waals surface area (Å²) in [5.41, 5.74) is 2.24. The lowest BCUT2D eigenvalue weighted by molar-refractivity contribution is -0.137. The van der Waals surface area contributed by atoms with Gasteiger partial charge in [0.25, 0.3) is 5.91 Å². The first-order valence-corrected chi connectivity index (χ1v) is 8.74. The number of carboxylic acid groups (broad SMARTS) is 1. The van der Waals surface area contributed by atoms with Crippen LogP contribution >= 0.6 is 0 Å². The molecule has 1 N–H and O–H groups in total. The maximum atomic E-state index is 13.1. The molecule has 0 unspecified atom stereocenters. The molecule has 0 aromatic heterocycles. The number of methoxy groups -OCH3 is 2. The third kappa shape index (κ3) is 5.48. The van der Waals surface area contributed by atoms with Gasteiger partial charge < -0.3 is 19.5 Å². The molecule has 1 amide bonds. The summed E-state index contributed by atoms with van der Waals surface area (Å²) < 4.78 is 10.7. The second-order valence-corrected chi connectivity index (χ2v) is 6.22. The molecule has 0 spiro atoms. The molecule has 144 valence electrons. The van der Waals surface area contributed by atoms with Gasteiger partial charge in [0.05, 0.1) is 14.2 Å². The Kier molecular flexibility index (Phi) is 7.23. The third-order valence-corrected chi connectivity index (χ3v) is 4.32. The standard InChI is InChI=1S/C21H25NO5/c1-15-18(26-2)12-17(13-19(15)27-3)21(25)22(11-7-10-20(23)24)14-16-8-5-4-6-9-16/h4-6,8-9,12-13H,7,10-11,14H2,1-3H3,(H,23,24). The van der Waals surface area contributed by atoms with Crippen molar-refractivity contribution in [1.29, 1.82) is 0 Å². The quantitative estimate of drug-likeness (QED) is 0.730. The molecule has 6 heteroatoms. The number of carboxylic acids is 1. The normalized spacial score (nSPS) is 10.3. The highest BCUT2D eigenvalue weighted by atomic mass is 16.5. The van der Waals surface area contributed by atoms with Crippen LogP contribution in [0, 0.1) is 6.92 Å². The van der Waals surface area contributed by atoms with E-state index in [2.05, 4.69) is 0 Å². The fourth-order valence-corrected chi connectivity index (χ4v) is 2.87. The van der Waals surface area contributed by atoms with Crippen molar-refractivity contribution in [2.75, 3.05) is 20.8 Å². The topological polar surface area (TPSA) is 76.1 Å². The van der Waals surface area contributed by atoms with Gasteiger partial charge in [0.2, 0.25) is 0 Å². The van der Waals surface area contributed by atoms with Gasteiger partial charge in [0.1, 0.15) is 11.5 Å². The summed E-state index contributed by atoms with van der Waals surface area (Å²) >= 11 is 0.